The van der Waals surface area contributed by atoms with Crippen molar-refractivity contribution in [2.75, 3.05) is 63.2 Å². The summed E-state index contributed by atoms with van der Waals surface area (Å²) >= 11 is 2.73. The molecule has 304 valence electrons. The van der Waals surface area contributed by atoms with Gasteiger partial charge >= 0.3 is 0 Å². The van der Waals surface area contributed by atoms with Gasteiger partial charge in [-0.15, -0.1) is 22.7 Å². The minimum Gasteiger partial charge on any atom is -0.457 e. The number of hydrogen-bond acceptors (Lipinski definition) is 13. The van der Waals surface area contributed by atoms with Crippen LogP contribution in [0.1, 0.15) is 20.7 Å². The third kappa shape index (κ3) is 9.27. The molecule has 0 bridgehead atoms. The van der Waals surface area contributed by atoms with E-state index in [1.165, 1.54) is 79.8 Å². The molecule has 19 heteroatoms. The van der Waals surface area contributed by atoms with E-state index in [9.17, 15) is 26.4 Å². The summed E-state index contributed by atoms with van der Waals surface area (Å²) in [5.74, 6) is 1.15. The van der Waals surface area contributed by atoms with Crippen molar-refractivity contribution < 1.29 is 40.6 Å². The van der Waals surface area contributed by atoms with Crippen molar-refractivity contribution in [1.29, 1.82) is 0 Å². The summed E-state index contributed by atoms with van der Waals surface area (Å²) in [6.45, 7) is 2.56. The number of sulfonamides is 2. The number of carbonyl (C=O) groups excluding carboxylic acids is 2. The lowest BCUT2D eigenvalue weighted by atomic mass is 10.2. The number of nitrogens with zero attached hydrogens (tertiary/aromatic N) is 4. The van der Waals surface area contributed by atoms with Crippen molar-refractivity contribution in [1.82, 2.24) is 18.6 Å². The molecule has 2 aliphatic heterocycles. The lowest BCUT2D eigenvalue weighted by molar-refractivity contribution is 0.0730. The zero-order valence-electron chi connectivity index (χ0n) is 31.1. The average Bonchev–Trinajstić information content (AvgIpc) is 3.95. The lowest BCUT2D eigenvalue weighted by Crippen LogP contribution is -2.40. The van der Waals surface area contributed by atoms with E-state index in [0.717, 1.165) is 11.1 Å². The third-order valence-electron chi connectivity index (χ3n) is 9.38. The number of ether oxygens (including phenoxy) is 3. The molecule has 4 heterocycles. The summed E-state index contributed by atoms with van der Waals surface area (Å²) in [6, 6.07) is 26.4. The van der Waals surface area contributed by atoms with E-state index in [1.54, 1.807) is 10.8 Å². The van der Waals surface area contributed by atoms with Crippen molar-refractivity contribution in [3.05, 3.63) is 119 Å². The summed E-state index contributed by atoms with van der Waals surface area (Å²) in [5, 5.41) is 10.4. The molecule has 15 nitrogen and oxygen atoms in total. The highest BCUT2D eigenvalue weighted by atomic mass is 32.2. The second kappa shape index (κ2) is 17.5. The second-order valence-corrected chi connectivity index (χ2v) is 18.8. The van der Waals surface area contributed by atoms with E-state index in [4.69, 9.17) is 14.2 Å². The van der Waals surface area contributed by atoms with E-state index in [-0.39, 0.29) is 9.79 Å². The van der Waals surface area contributed by atoms with Gasteiger partial charge in [0, 0.05) is 59.2 Å². The van der Waals surface area contributed by atoms with Crippen LogP contribution in [0.4, 0.5) is 11.6 Å². The van der Waals surface area contributed by atoms with E-state index >= 15 is 0 Å². The van der Waals surface area contributed by atoms with Crippen molar-refractivity contribution in [3.8, 4) is 32.6 Å². The number of anilines is 2. The molecule has 4 aromatic carbocycles. The van der Waals surface area contributed by atoms with Crippen LogP contribution in [-0.2, 0) is 29.5 Å². The molecule has 0 spiro atoms. The van der Waals surface area contributed by atoms with E-state index < -0.39 is 31.9 Å². The normalized spacial score (nSPS) is 15.4. The number of hydrogen-bond donors (Lipinski definition) is 2. The van der Waals surface area contributed by atoms with Gasteiger partial charge in [0.1, 0.15) is 33.1 Å². The summed E-state index contributed by atoms with van der Waals surface area (Å²) in [4.78, 5) is 35.2. The first-order chi connectivity index (χ1) is 28.5. The highest BCUT2D eigenvalue weighted by Gasteiger charge is 2.28. The summed E-state index contributed by atoms with van der Waals surface area (Å²) in [7, 11) is -7.33. The zero-order chi connectivity index (χ0) is 41.0. The van der Waals surface area contributed by atoms with Crippen LogP contribution in [0.3, 0.4) is 0 Å². The van der Waals surface area contributed by atoms with Crippen LogP contribution in [-0.4, -0.2) is 99.8 Å². The molecule has 2 fully saturated rings. The quantitative estimate of drug-likeness (QED) is 0.141. The molecule has 2 aliphatic rings. The van der Waals surface area contributed by atoms with Crippen LogP contribution < -0.4 is 15.4 Å². The van der Waals surface area contributed by atoms with Gasteiger partial charge in [0.05, 0.1) is 36.2 Å². The molecule has 0 saturated carbocycles. The van der Waals surface area contributed by atoms with Gasteiger partial charge in [0.2, 0.25) is 20.0 Å². The molecule has 2 N–H and O–H groups in total. The number of thiazole rings is 2. The van der Waals surface area contributed by atoms with Gasteiger partial charge < -0.3 is 24.8 Å². The van der Waals surface area contributed by atoms with Gasteiger partial charge in [-0.2, -0.15) is 8.61 Å². The minimum absolute atomic E-state index is 0.120. The summed E-state index contributed by atoms with van der Waals surface area (Å²) in [5.41, 5.74) is 2.26. The number of morpholine rings is 2. The van der Waals surface area contributed by atoms with Crippen LogP contribution in [0, 0.1) is 0 Å². The highest BCUT2D eigenvalue weighted by molar-refractivity contribution is 7.89. The van der Waals surface area contributed by atoms with E-state index in [2.05, 4.69) is 20.6 Å². The van der Waals surface area contributed by atoms with Gasteiger partial charge in [-0.25, -0.2) is 26.8 Å². The molecular formula is C40H36N6O9S4. The fourth-order valence-corrected chi connectivity index (χ4v) is 10.5. The molecule has 59 heavy (non-hydrogen) atoms. The smallest absolute Gasteiger partial charge is 0.256 e. The Kier molecular flexibility index (Phi) is 12.0. The Morgan fingerprint density at radius 2 is 0.898 bits per heavy atom. The Bertz CT molecular complexity index is 2470. The third-order valence-corrected chi connectivity index (χ3v) is 15.0. The number of aromatic nitrogens is 2. The molecule has 6 aromatic rings. The summed E-state index contributed by atoms with van der Waals surface area (Å²) in [6.07, 6.45) is 0. The fourth-order valence-electron chi connectivity index (χ4n) is 6.20. The van der Waals surface area contributed by atoms with Gasteiger partial charge in [0.15, 0.2) is 0 Å². The van der Waals surface area contributed by atoms with Crippen LogP contribution in [0.25, 0.3) is 21.1 Å². The minimum atomic E-state index is -3.66. The first-order valence-electron chi connectivity index (χ1n) is 18.3. The fraction of sp³-hybridized carbons (Fsp3) is 0.200. The number of nitrogens with one attached hydrogen (secondary N) is 2. The van der Waals surface area contributed by atoms with E-state index in [1.807, 2.05) is 48.5 Å². The topological polar surface area (TPSA) is 186 Å². The standard InChI is InChI=1S/C40H36N6O9S4/c47-37(27-5-13-33(14-6-27)58(49,50)45-17-21-53-22-18-45)41-35-25-56-39(43-35)29-1-9-31(10-2-29)55-32-11-3-30(4-12-32)40-44-36(26-57-40)42-38(48)28-7-15-34(16-8-28)59(51,52)46-19-23-54-24-20-46/h1-16,25-26H,17-24H2,(H,41,47)(H,42,48). The van der Waals surface area contributed by atoms with Crippen molar-refractivity contribution in [3.63, 3.8) is 0 Å². The molecule has 2 amide bonds. The maximum atomic E-state index is 12.9. The average molecular weight is 873 g/mol. The van der Waals surface area contributed by atoms with Crippen molar-refractivity contribution in [2.45, 2.75) is 9.79 Å². The Morgan fingerprint density at radius 3 is 1.25 bits per heavy atom. The first-order valence-corrected chi connectivity index (χ1v) is 23.0. The number of rotatable bonds is 12. The molecule has 0 atom stereocenters. The van der Waals surface area contributed by atoms with Crippen LogP contribution in [0.2, 0.25) is 0 Å². The molecule has 2 aromatic heterocycles. The maximum absolute atomic E-state index is 12.9. The van der Waals surface area contributed by atoms with Crippen molar-refractivity contribution >= 4 is 66.2 Å². The predicted molar refractivity (Wildman–Crippen MR) is 223 cm³/mol. The molecule has 2 saturated heterocycles. The molecule has 0 radical (unpaired) electrons. The SMILES string of the molecule is O=C(Nc1csc(-c2ccc(Oc3ccc(-c4nc(NC(=O)c5ccc(S(=O)(=O)N6CCOCC6)cc5)cs4)cc3)cc2)n1)c1ccc(S(=O)(=O)N2CCOCC2)cc1. The Labute approximate surface area is 348 Å². The Balaban J connectivity index is 0.827. The summed E-state index contributed by atoms with van der Waals surface area (Å²) < 4.78 is 70.9. The maximum Gasteiger partial charge on any atom is 0.256 e. The number of amides is 2. The molecule has 0 unspecified atom stereocenters. The van der Waals surface area contributed by atoms with Crippen LogP contribution in [0.15, 0.2) is 118 Å². The monoisotopic (exact) mass is 872 g/mol. The Morgan fingerprint density at radius 1 is 0.542 bits per heavy atom. The van der Waals surface area contributed by atoms with Crippen LogP contribution in [0.5, 0.6) is 11.5 Å². The predicted octanol–water partition coefficient (Wildman–Crippen LogP) is 6.27. The zero-order valence-corrected chi connectivity index (χ0v) is 34.4. The van der Waals surface area contributed by atoms with Gasteiger partial charge in [0.25, 0.3) is 11.8 Å². The van der Waals surface area contributed by atoms with Crippen LogP contribution >= 0.6 is 22.7 Å². The van der Waals surface area contributed by atoms with Crippen molar-refractivity contribution in [2.24, 2.45) is 0 Å². The Hall–Kier alpha value is -5.38. The first kappa shape index (κ1) is 40.4. The van der Waals surface area contributed by atoms with Gasteiger partial charge in [-0.1, -0.05) is 0 Å². The lowest BCUT2D eigenvalue weighted by Gasteiger charge is -2.26. The second-order valence-electron chi connectivity index (χ2n) is 13.2. The number of carbonyl (C=O) groups is 2. The molecular weight excluding hydrogens is 837 g/mol. The largest absolute Gasteiger partial charge is 0.457 e. The van der Waals surface area contributed by atoms with E-state index in [0.29, 0.717) is 96.9 Å². The van der Waals surface area contributed by atoms with Gasteiger partial charge in [-0.05, 0) is 97.1 Å². The molecule has 0 aliphatic carbocycles. The highest BCUT2D eigenvalue weighted by Crippen LogP contribution is 2.32. The van der Waals surface area contributed by atoms with Gasteiger partial charge in [-0.3, -0.25) is 9.59 Å². The molecule has 8 rings (SSSR count). The number of benzene rings is 4.